The van der Waals surface area contributed by atoms with E-state index in [9.17, 15) is 0 Å². The number of allylic oxidation sites excluding steroid dienone is 4. The average molecular weight is 873 g/mol. The molecule has 0 bridgehead atoms. The third kappa shape index (κ3) is 6.86. The second kappa shape index (κ2) is 14.7. The van der Waals surface area contributed by atoms with Crippen molar-refractivity contribution >= 4 is 72.3 Å². The highest BCUT2D eigenvalue weighted by molar-refractivity contribution is 7.33. The summed E-state index contributed by atoms with van der Waals surface area (Å²) < 4.78 is 2.82. The second-order valence-corrected chi connectivity index (χ2v) is 24.9. The Hall–Kier alpha value is -5.06. The van der Waals surface area contributed by atoms with Gasteiger partial charge in [-0.15, -0.1) is 11.3 Å². The number of nitrogens with zero attached hydrogens (tertiary/aromatic N) is 2. The molecule has 0 N–H and O–H groups in total. The molecule has 0 saturated heterocycles. The summed E-state index contributed by atoms with van der Waals surface area (Å²) in [5.41, 5.74) is 23.0. The summed E-state index contributed by atoms with van der Waals surface area (Å²) >= 11 is 2.04. The fraction of sp³-hybridized carbons (Fsp3) is 0.377. The van der Waals surface area contributed by atoms with Crippen LogP contribution < -0.4 is 25.5 Å². The molecule has 332 valence electrons. The van der Waals surface area contributed by atoms with Gasteiger partial charge < -0.3 is 9.80 Å². The maximum atomic E-state index is 4.58. The van der Waals surface area contributed by atoms with Crippen molar-refractivity contribution in [3.8, 4) is 11.1 Å². The summed E-state index contributed by atoms with van der Waals surface area (Å²) in [6.07, 6.45) is 11.5. The molecule has 4 aliphatic rings. The zero-order chi connectivity index (χ0) is 46.3. The number of hydrogen-bond acceptors (Lipinski definition) is 3. The Labute approximate surface area is 395 Å². The number of anilines is 5. The van der Waals surface area contributed by atoms with E-state index >= 15 is 0 Å². The fourth-order valence-corrected chi connectivity index (χ4v) is 13.0. The SMILES string of the molecule is C=C/C(=C\C=C(/C)C(C)(C)C)N1c2cc(C)cc3c2B(c2cc4c(cc2N3c2cc(-c3ccccc3)ccc2C)C(C)(C)CCC4(C)C)c2sc3cc4c(cc3c21)C(C)(C)CCC4(C)C. The van der Waals surface area contributed by atoms with Gasteiger partial charge in [-0.3, -0.25) is 0 Å². The molecule has 6 aromatic rings. The van der Waals surface area contributed by atoms with Gasteiger partial charge in [0.05, 0.1) is 5.69 Å². The normalized spacial score (nSPS) is 19.0. The molecule has 3 heterocycles. The Morgan fingerprint density at radius 3 is 1.85 bits per heavy atom. The summed E-state index contributed by atoms with van der Waals surface area (Å²) in [5.74, 6) is 0. The molecule has 0 atom stereocenters. The van der Waals surface area contributed by atoms with Crippen LogP contribution in [-0.2, 0) is 21.7 Å². The van der Waals surface area contributed by atoms with E-state index in [1.54, 1.807) is 0 Å². The van der Waals surface area contributed by atoms with E-state index in [-0.39, 0.29) is 33.8 Å². The monoisotopic (exact) mass is 873 g/mol. The highest BCUT2D eigenvalue weighted by atomic mass is 32.1. The Morgan fingerprint density at radius 2 is 1.23 bits per heavy atom. The molecule has 5 aromatic carbocycles. The molecule has 1 aromatic heterocycles. The van der Waals surface area contributed by atoms with Gasteiger partial charge in [0.25, 0.3) is 6.71 Å². The molecule has 0 unspecified atom stereocenters. The standard InChI is InChI=1S/C61H69BN2S/c1-16-42(25-23-39(4)57(5,6)7)63-51-30-37(2)31-52-54(51)62(56-55(63)43-33-44-47(36-53(43)65-56)61(14,15)29-26-58(44,8)9)48-34-45-46(60(12,13)28-27-59(45,10)11)35-50(48)64(52)49-32-41(24-22-38(49)3)40-20-18-17-19-21-40/h16-25,30-36H,1,26-29H2,2-15H3/b39-23+,42-25+. The first kappa shape index (κ1) is 43.8. The minimum absolute atomic E-state index is 0.0494. The van der Waals surface area contributed by atoms with Gasteiger partial charge in [0.1, 0.15) is 0 Å². The first-order chi connectivity index (χ1) is 30.5. The van der Waals surface area contributed by atoms with E-state index in [0.717, 1.165) is 5.70 Å². The van der Waals surface area contributed by atoms with Crippen molar-refractivity contribution in [3.63, 3.8) is 0 Å². The maximum absolute atomic E-state index is 4.58. The van der Waals surface area contributed by atoms with Crippen LogP contribution in [0.1, 0.15) is 142 Å². The second-order valence-electron chi connectivity index (χ2n) is 23.8. The minimum Gasteiger partial charge on any atom is -0.311 e. The smallest absolute Gasteiger partial charge is 0.264 e. The van der Waals surface area contributed by atoms with Crippen molar-refractivity contribution in [1.82, 2.24) is 0 Å². The Morgan fingerprint density at radius 1 is 0.646 bits per heavy atom. The van der Waals surface area contributed by atoms with Gasteiger partial charge in [-0.2, -0.15) is 0 Å². The van der Waals surface area contributed by atoms with E-state index < -0.39 is 0 Å². The zero-order valence-electron chi connectivity index (χ0n) is 41.7. The highest BCUT2D eigenvalue weighted by Gasteiger charge is 2.49. The lowest BCUT2D eigenvalue weighted by Crippen LogP contribution is -2.61. The number of hydrogen-bond donors (Lipinski definition) is 0. The Kier molecular flexibility index (Phi) is 9.92. The van der Waals surface area contributed by atoms with Crippen LogP contribution in [0.5, 0.6) is 0 Å². The van der Waals surface area contributed by atoms with Gasteiger partial charge in [-0.25, -0.2) is 0 Å². The number of aryl methyl sites for hydroxylation is 2. The van der Waals surface area contributed by atoms with Crippen LogP contribution in [0.4, 0.5) is 28.4 Å². The molecular formula is C61H69BN2S. The number of fused-ring (bicyclic) bond motifs is 8. The molecule has 2 aliphatic carbocycles. The van der Waals surface area contributed by atoms with Gasteiger partial charge in [0, 0.05) is 43.3 Å². The fourth-order valence-electron chi connectivity index (χ4n) is 11.6. The van der Waals surface area contributed by atoms with Crippen LogP contribution in [0, 0.1) is 19.3 Å². The molecule has 0 spiro atoms. The lowest BCUT2D eigenvalue weighted by molar-refractivity contribution is 0.332. The number of rotatable bonds is 5. The third-order valence-corrected chi connectivity index (χ3v) is 17.7. The molecule has 10 rings (SSSR count). The van der Waals surface area contributed by atoms with E-state index in [4.69, 9.17) is 0 Å². The molecule has 0 fully saturated rings. The van der Waals surface area contributed by atoms with Gasteiger partial charge in [-0.05, 0) is 178 Å². The average Bonchev–Trinajstić information content (AvgIpc) is 3.62. The summed E-state index contributed by atoms with van der Waals surface area (Å²) in [4.78, 5) is 5.28. The molecule has 0 radical (unpaired) electrons. The first-order valence-corrected chi connectivity index (χ1v) is 25.1. The molecule has 0 amide bonds. The van der Waals surface area contributed by atoms with Crippen LogP contribution in [0.25, 0.3) is 21.2 Å². The van der Waals surface area contributed by atoms with E-state index in [0.29, 0.717) is 0 Å². The summed E-state index contributed by atoms with van der Waals surface area (Å²) in [5, 5.41) is 1.36. The predicted octanol–water partition coefficient (Wildman–Crippen LogP) is 15.7. The van der Waals surface area contributed by atoms with Gasteiger partial charge >= 0.3 is 0 Å². The van der Waals surface area contributed by atoms with E-state index in [1.807, 2.05) is 11.3 Å². The zero-order valence-corrected chi connectivity index (χ0v) is 42.5. The lowest BCUT2D eigenvalue weighted by Gasteiger charge is -2.47. The van der Waals surface area contributed by atoms with Crippen molar-refractivity contribution in [1.29, 1.82) is 0 Å². The quantitative estimate of drug-likeness (QED) is 0.126. The van der Waals surface area contributed by atoms with Crippen molar-refractivity contribution in [2.75, 3.05) is 9.80 Å². The van der Waals surface area contributed by atoms with Crippen molar-refractivity contribution in [3.05, 3.63) is 154 Å². The van der Waals surface area contributed by atoms with Crippen molar-refractivity contribution in [2.24, 2.45) is 5.41 Å². The molecule has 2 nitrogen and oxygen atoms in total. The number of benzene rings is 5. The van der Waals surface area contributed by atoms with Crippen LogP contribution in [-0.4, -0.2) is 6.71 Å². The summed E-state index contributed by atoms with van der Waals surface area (Å²) in [6, 6.07) is 33.5. The molecule has 4 heteroatoms. The lowest BCUT2D eigenvalue weighted by atomic mass is 9.35. The largest absolute Gasteiger partial charge is 0.311 e. The maximum Gasteiger partial charge on any atom is 0.264 e. The van der Waals surface area contributed by atoms with Crippen LogP contribution >= 0.6 is 11.3 Å². The van der Waals surface area contributed by atoms with Crippen LogP contribution in [0.2, 0.25) is 0 Å². The van der Waals surface area contributed by atoms with Gasteiger partial charge in [-0.1, -0.05) is 143 Å². The van der Waals surface area contributed by atoms with Crippen LogP contribution in [0.15, 0.2) is 121 Å². The Balaban J connectivity index is 1.35. The number of thiophene rings is 1. The van der Waals surface area contributed by atoms with Crippen LogP contribution in [0.3, 0.4) is 0 Å². The first-order valence-electron chi connectivity index (χ1n) is 24.3. The minimum atomic E-state index is 0.0494. The summed E-state index contributed by atoms with van der Waals surface area (Å²) in [7, 11) is 0. The third-order valence-electron chi connectivity index (χ3n) is 16.5. The van der Waals surface area contributed by atoms with E-state index in [2.05, 4.69) is 216 Å². The van der Waals surface area contributed by atoms with Gasteiger partial charge in [0.2, 0.25) is 0 Å². The van der Waals surface area contributed by atoms with E-state index in [1.165, 1.54) is 130 Å². The summed E-state index contributed by atoms with van der Waals surface area (Å²) in [6.45, 7) is 38.2. The van der Waals surface area contributed by atoms with Gasteiger partial charge in [0.15, 0.2) is 0 Å². The molecule has 65 heavy (non-hydrogen) atoms. The molecular weight excluding hydrogens is 804 g/mol. The molecule has 0 saturated carbocycles. The topological polar surface area (TPSA) is 6.48 Å². The Bertz CT molecular complexity index is 3030. The predicted molar refractivity (Wildman–Crippen MR) is 287 cm³/mol. The highest BCUT2D eigenvalue weighted by Crippen LogP contribution is 2.54. The molecule has 2 aliphatic heterocycles. The van der Waals surface area contributed by atoms with Crippen molar-refractivity contribution in [2.45, 2.75) is 144 Å². The van der Waals surface area contributed by atoms with Crippen molar-refractivity contribution < 1.29 is 0 Å².